The van der Waals surface area contributed by atoms with Crippen molar-refractivity contribution in [2.45, 2.75) is 57.4 Å². The zero-order chi connectivity index (χ0) is 19.4. The van der Waals surface area contributed by atoms with Gasteiger partial charge in [0.1, 0.15) is 5.01 Å². The number of hydrogen-bond acceptors (Lipinski definition) is 7. The number of aromatic nitrogens is 3. The van der Waals surface area contributed by atoms with Gasteiger partial charge in [-0.15, -0.1) is 11.3 Å². The number of sulfone groups is 1. The van der Waals surface area contributed by atoms with Gasteiger partial charge in [-0.3, -0.25) is 4.90 Å². The molecule has 0 aromatic carbocycles. The minimum absolute atomic E-state index is 0.0386. The molecule has 1 aliphatic rings. The molecule has 0 spiro atoms. The largest absolute Gasteiger partial charge is 0.383 e. The molecule has 9 heteroatoms. The monoisotopic (exact) mass is 412 g/mol. The molecule has 0 aliphatic heterocycles. The zero-order valence-corrected chi connectivity index (χ0v) is 17.9. The summed E-state index contributed by atoms with van der Waals surface area (Å²) in [5.74, 6) is 0.0386. The molecular weight excluding hydrogens is 384 g/mol. The SMILES string of the molecule is CCS(=O)(=O)c1ncc(CN(C)Cc2nc3c(s2)CCCC3)n1CCOC. The maximum atomic E-state index is 12.3. The van der Waals surface area contributed by atoms with Crippen LogP contribution in [0, 0.1) is 0 Å². The lowest BCUT2D eigenvalue weighted by Crippen LogP contribution is -2.22. The van der Waals surface area contributed by atoms with Crippen LogP contribution in [-0.4, -0.2) is 54.4 Å². The Kier molecular flexibility index (Phi) is 6.67. The first-order chi connectivity index (χ1) is 12.9. The summed E-state index contributed by atoms with van der Waals surface area (Å²) >= 11 is 1.81. The van der Waals surface area contributed by atoms with E-state index in [1.54, 1.807) is 24.8 Å². The summed E-state index contributed by atoms with van der Waals surface area (Å²) in [6.45, 7) is 3.92. The summed E-state index contributed by atoms with van der Waals surface area (Å²) in [4.78, 5) is 12.6. The van der Waals surface area contributed by atoms with Crippen molar-refractivity contribution < 1.29 is 13.2 Å². The normalized spacial score (nSPS) is 14.7. The molecule has 7 nitrogen and oxygen atoms in total. The van der Waals surface area contributed by atoms with Crippen LogP contribution in [0.4, 0.5) is 0 Å². The number of imidazole rings is 1. The van der Waals surface area contributed by atoms with Gasteiger partial charge in [-0.05, 0) is 32.7 Å². The fourth-order valence-electron chi connectivity index (χ4n) is 3.35. The van der Waals surface area contributed by atoms with Gasteiger partial charge in [0.05, 0.1) is 36.5 Å². The van der Waals surface area contributed by atoms with Crippen LogP contribution in [-0.2, 0) is 47.1 Å². The Morgan fingerprint density at radius 2 is 2.07 bits per heavy atom. The molecule has 150 valence electrons. The smallest absolute Gasteiger partial charge is 0.227 e. The molecular formula is C18H28N4O3S2. The Morgan fingerprint density at radius 1 is 1.30 bits per heavy atom. The van der Waals surface area contributed by atoms with Crippen LogP contribution in [0.2, 0.25) is 0 Å². The van der Waals surface area contributed by atoms with Gasteiger partial charge >= 0.3 is 0 Å². The van der Waals surface area contributed by atoms with E-state index in [9.17, 15) is 8.42 Å². The van der Waals surface area contributed by atoms with E-state index in [0.717, 1.165) is 30.1 Å². The third-order valence-electron chi connectivity index (χ3n) is 4.81. The summed E-state index contributed by atoms with van der Waals surface area (Å²) in [6, 6.07) is 0. The molecule has 0 bridgehead atoms. The average Bonchev–Trinajstić information content (AvgIpc) is 3.23. The number of ether oxygens (including phenoxy) is 1. The highest BCUT2D eigenvalue weighted by atomic mass is 32.2. The molecule has 2 aromatic rings. The molecule has 0 fully saturated rings. The van der Waals surface area contributed by atoms with Crippen LogP contribution in [0.15, 0.2) is 11.4 Å². The number of rotatable bonds is 9. The third-order valence-corrected chi connectivity index (χ3v) is 7.59. The summed E-state index contributed by atoms with van der Waals surface area (Å²) in [6.07, 6.45) is 6.41. The minimum atomic E-state index is -3.37. The van der Waals surface area contributed by atoms with E-state index < -0.39 is 9.84 Å². The van der Waals surface area contributed by atoms with Crippen LogP contribution in [0.25, 0.3) is 0 Å². The van der Waals surface area contributed by atoms with Gasteiger partial charge in [0.15, 0.2) is 0 Å². The second-order valence-corrected chi connectivity index (χ2v) is 10.3. The number of aryl methyl sites for hydroxylation is 2. The maximum absolute atomic E-state index is 12.3. The van der Waals surface area contributed by atoms with E-state index in [2.05, 4.69) is 9.88 Å². The maximum Gasteiger partial charge on any atom is 0.227 e. The molecule has 0 N–H and O–H groups in total. The summed E-state index contributed by atoms with van der Waals surface area (Å²) in [5.41, 5.74) is 2.15. The molecule has 0 radical (unpaired) electrons. The molecule has 27 heavy (non-hydrogen) atoms. The van der Waals surface area contributed by atoms with Gasteiger partial charge in [-0.1, -0.05) is 6.92 Å². The molecule has 2 aromatic heterocycles. The summed E-state index contributed by atoms with van der Waals surface area (Å²) in [7, 11) is 0.274. The van der Waals surface area contributed by atoms with Gasteiger partial charge < -0.3 is 9.30 Å². The number of nitrogens with zero attached hydrogens (tertiary/aromatic N) is 4. The first-order valence-corrected chi connectivity index (χ1v) is 11.8. The number of thiazole rings is 1. The van der Waals surface area contributed by atoms with Crippen LogP contribution in [0.1, 0.15) is 41.0 Å². The lowest BCUT2D eigenvalue weighted by atomic mass is 10.0. The van der Waals surface area contributed by atoms with E-state index >= 15 is 0 Å². The minimum Gasteiger partial charge on any atom is -0.383 e. The molecule has 2 heterocycles. The van der Waals surface area contributed by atoms with Crippen LogP contribution < -0.4 is 0 Å². The van der Waals surface area contributed by atoms with Crippen LogP contribution in [0.3, 0.4) is 0 Å². The van der Waals surface area contributed by atoms with Crippen molar-refractivity contribution in [2.24, 2.45) is 0 Å². The quantitative estimate of drug-likeness (QED) is 0.629. The van der Waals surface area contributed by atoms with Gasteiger partial charge in [0.2, 0.25) is 15.0 Å². The fourth-order valence-corrected chi connectivity index (χ4v) is 5.61. The van der Waals surface area contributed by atoms with E-state index in [0.29, 0.717) is 19.7 Å². The summed E-state index contributed by atoms with van der Waals surface area (Å²) < 4.78 is 31.6. The van der Waals surface area contributed by atoms with E-state index in [1.807, 2.05) is 18.4 Å². The van der Waals surface area contributed by atoms with Crippen molar-refractivity contribution in [1.82, 2.24) is 19.4 Å². The molecule has 1 aliphatic carbocycles. The van der Waals surface area contributed by atoms with Gasteiger partial charge in [0, 0.05) is 25.1 Å². The van der Waals surface area contributed by atoms with E-state index in [1.165, 1.54) is 23.4 Å². The molecule has 0 atom stereocenters. The first-order valence-electron chi connectivity index (χ1n) is 9.36. The Hall–Kier alpha value is -1.29. The topological polar surface area (TPSA) is 77.3 Å². The molecule has 0 amide bonds. The number of hydrogen-bond donors (Lipinski definition) is 0. The lowest BCUT2D eigenvalue weighted by molar-refractivity contribution is 0.182. The molecule has 3 rings (SSSR count). The highest BCUT2D eigenvalue weighted by Crippen LogP contribution is 2.27. The Bertz CT molecular complexity index is 850. The molecule has 0 unspecified atom stereocenters. The highest BCUT2D eigenvalue weighted by molar-refractivity contribution is 7.91. The van der Waals surface area contributed by atoms with Crippen molar-refractivity contribution >= 4 is 21.2 Å². The second-order valence-electron chi connectivity index (χ2n) is 6.94. The van der Waals surface area contributed by atoms with Crippen molar-refractivity contribution in [1.29, 1.82) is 0 Å². The average molecular weight is 413 g/mol. The van der Waals surface area contributed by atoms with Crippen molar-refractivity contribution in [3.05, 3.63) is 27.5 Å². The Morgan fingerprint density at radius 3 is 2.78 bits per heavy atom. The van der Waals surface area contributed by atoms with Crippen LogP contribution in [0.5, 0.6) is 0 Å². The van der Waals surface area contributed by atoms with Gasteiger partial charge in [0.25, 0.3) is 0 Å². The second kappa shape index (κ2) is 8.81. The number of fused-ring (bicyclic) bond motifs is 1. The number of methoxy groups -OCH3 is 1. The standard InChI is InChI=1S/C18H28N4O3S2/c1-4-27(23,24)18-19-11-14(22(18)9-10-25-3)12-21(2)13-17-20-15-7-5-6-8-16(15)26-17/h11H,4-10,12-13H2,1-3H3. The Labute approximate surface area is 165 Å². The predicted octanol–water partition coefficient (Wildman–Crippen LogP) is 2.29. The van der Waals surface area contributed by atoms with Crippen molar-refractivity contribution in [3.63, 3.8) is 0 Å². The van der Waals surface area contributed by atoms with Gasteiger partial charge in [-0.25, -0.2) is 18.4 Å². The van der Waals surface area contributed by atoms with Gasteiger partial charge in [-0.2, -0.15) is 0 Å². The molecule has 0 saturated heterocycles. The van der Waals surface area contributed by atoms with Crippen molar-refractivity contribution in [2.75, 3.05) is 26.5 Å². The van der Waals surface area contributed by atoms with E-state index in [-0.39, 0.29) is 10.9 Å². The highest BCUT2D eigenvalue weighted by Gasteiger charge is 2.22. The Balaban J connectivity index is 1.74. The molecule has 0 saturated carbocycles. The zero-order valence-electron chi connectivity index (χ0n) is 16.3. The third kappa shape index (κ3) is 4.77. The lowest BCUT2D eigenvalue weighted by Gasteiger charge is -2.17. The summed E-state index contributed by atoms with van der Waals surface area (Å²) in [5, 5.41) is 1.27. The fraction of sp³-hybridized carbons (Fsp3) is 0.667. The van der Waals surface area contributed by atoms with Crippen LogP contribution >= 0.6 is 11.3 Å². The predicted molar refractivity (Wildman–Crippen MR) is 106 cm³/mol. The van der Waals surface area contributed by atoms with Crippen molar-refractivity contribution in [3.8, 4) is 0 Å². The first kappa shape index (κ1) is 20.4. The van der Waals surface area contributed by atoms with E-state index in [4.69, 9.17) is 9.72 Å².